The van der Waals surface area contributed by atoms with E-state index < -0.39 is 9.84 Å². The number of carbonyl (C=O) groups excluding carboxylic acids is 1. The molecular formula is C14H17NO3S. The minimum absolute atomic E-state index is 0.0154. The van der Waals surface area contributed by atoms with Crippen molar-refractivity contribution in [3.63, 3.8) is 0 Å². The maximum Gasteiger partial charge on any atom is 0.224 e. The standard InChI is InChI=1S/C14H17NO3S/c16-14(11-6-7-19(17,18)9-11)15-13-8-12(13)10-4-2-1-3-5-10/h1-5,11-13H,6-9H2,(H,15,16). The number of benzene rings is 1. The molecule has 0 aromatic heterocycles. The Balaban J connectivity index is 1.56. The van der Waals surface area contributed by atoms with Gasteiger partial charge >= 0.3 is 0 Å². The quantitative estimate of drug-likeness (QED) is 0.901. The molecule has 3 rings (SSSR count). The van der Waals surface area contributed by atoms with Gasteiger partial charge in [-0.15, -0.1) is 0 Å². The molecule has 1 saturated carbocycles. The number of nitrogens with one attached hydrogen (secondary N) is 1. The summed E-state index contributed by atoms with van der Waals surface area (Å²) in [5.41, 5.74) is 1.24. The van der Waals surface area contributed by atoms with Crippen molar-refractivity contribution in [2.45, 2.75) is 24.8 Å². The lowest BCUT2D eigenvalue weighted by molar-refractivity contribution is -0.124. The highest BCUT2D eigenvalue weighted by molar-refractivity contribution is 7.91. The Hall–Kier alpha value is -1.36. The Morgan fingerprint density at radius 1 is 1.21 bits per heavy atom. The first-order chi connectivity index (χ1) is 9.05. The molecule has 1 aromatic rings. The van der Waals surface area contributed by atoms with Crippen LogP contribution in [0.4, 0.5) is 0 Å². The number of sulfone groups is 1. The Morgan fingerprint density at radius 3 is 2.58 bits per heavy atom. The van der Waals surface area contributed by atoms with Gasteiger partial charge < -0.3 is 5.32 Å². The molecule has 0 spiro atoms. The van der Waals surface area contributed by atoms with Crippen LogP contribution in [0.25, 0.3) is 0 Å². The van der Waals surface area contributed by atoms with E-state index in [1.54, 1.807) is 0 Å². The summed E-state index contributed by atoms with van der Waals surface area (Å²) in [7, 11) is -2.98. The van der Waals surface area contributed by atoms with Gasteiger partial charge in [0.15, 0.2) is 9.84 Å². The lowest BCUT2D eigenvalue weighted by Crippen LogP contribution is -2.33. The summed E-state index contributed by atoms with van der Waals surface area (Å²) in [5.74, 6) is 0.120. The minimum Gasteiger partial charge on any atom is -0.352 e. The van der Waals surface area contributed by atoms with E-state index in [2.05, 4.69) is 17.4 Å². The predicted molar refractivity (Wildman–Crippen MR) is 72.5 cm³/mol. The van der Waals surface area contributed by atoms with Gasteiger partial charge in [-0.2, -0.15) is 0 Å². The second-order valence-electron chi connectivity index (χ2n) is 5.47. The fourth-order valence-corrected chi connectivity index (χ4v) is 4.47. The summed E-state index contributed by atoms with van der Waals surface area (Å²) in [6.45, 7) is 0. The normalized spacial score (nSPS) is 31.9. The van der Waals surface area contributed by atoms with Crippen LogP contribution < -0.4 is 5.32 Å². The molecular weight excluding hydrogens is 262 g/mol. The summed E-state index contributed by atoms with van der Waals surface area (Å²) < 4.78 is 22.7. The first-order valence-electron chi connectivity index (χ1n) is 6.61. The van der Waals surface area contributed by atoms with E-state index in [4.69, 9.17) is 0 Å². The molecule has 0 radical (unpaired) electrons. The Kier molecular flexibility index (Phi) is 3.09. The summed E-state index contributed by atoms with van der Waals surface area (Å²) >= 11 is 0. The number of hydrogen-bond donors (Lipinski definition) is 1. The van der Waals surface area contributed by atoms with E-state index in [-0.39, 0.29) is 29.4 Å². The second kappa shape index (κ2) is 4.63. The minimum atomic E-state index is -2.98. The molecule has 3 unspecified atom stereocenters. The molecule has 1 aromatic carbocycles. The SMILES string of the molecule is O=C(NC1CC1c1ccccc1)C1CCS(=O)(=O)C1. The van der Waals surface area contributed by atoms with Crippen molar-refractivity contribution in [2.24, 2.45) is 5.92 Å². The average Bonchev–Trinajstić information content (AvgIpc) is 3.05. The van der Waals surface area contributed by atoms with Crippen molar-refractivity contribution in [3.8, 4) is 0 Å². The fourth-order valence-electron chi connectivity index (χ4n) is 2.73. The molecule has 19 heavy (non-hydrogen) atoms. The monoisotopic (exact) mass is 279 g/mol. The van der Waals surface area contributed by atoms with Gasteiger partial charge in [0.1, 0.15) is 0 Å². The molecule has 2 aliphatic rings. The van der Waals surface area contributed by atoms with Crippen LogP contribution in [-0.2, 0) is 14.6 Å². The van der Waals surface area contributed by atoms with Crippen LogP contribution in [0.2, 0.25) is 0 Å². The highest BCUT2D eigenvalue weighted by atomic mass is 32.2. The first kappa shape index (κ1) is 12.7. The van der Waals surface area contributed by atoms with Gasteiger partial charge in [-0.25, -0.2) is 8.42 Å². The number of hydrogen-bond acceptors (Lipinski definition) is 3. The smallest absolute Gasteiger partial charge is 0.224 e. The molecule has 2 fully saturated rings. The van der Waals surface area contributed by atoms with E-state index in [1.807, 2.05) is 18.2 Å². The van der Waals surface area contributed by atoms with Gasteiger partial charge in [0, 0.05) is 12.0 Å². The maximum atomic E-state index is 12.0. The van der Waals surface area contributed by atoms with Gasteiger partial charge in [0.2, 0.25) is 5.91 Å². The van der Waals surface area contributed by atoms with Crippen LogP contribution >= 0.6 is 0 Å². The summed E-state index contributed by atoms with van der Waals surface area (Å²) in [6, 6.07) is 10.3. The van der Waals surface area contributed by atoms with Crippen LogP contribution in [0.3, 0.4) is 0 Å². The highest BCUT2D eigenvalue weighted by Crippen LogP contribution is 2.40. The first-order valence-corrected chi connectivity index (χ1v) is 8.43. The van der Waals surface area contributed by atoms with E-state index >= 15 is 0 Å². The zero-order valence-corrected chi connectivity index (χ0v) is 11.4. The van der Waals surface area contributed by atoms with E-state index in [0.717, 1.165) is 6.42 Å². The van der Waals surface area contributed by atoms with Crippen LogP contribution in [-0.4, -0.2) is 31.9 Å². The molecule has 5 heteroatoms. The van der Waals surface area contributed by atoms with Crippen molar-refractivity contribution < 1.29 is 13.2 Å². The maximum absolute atomic E-state index is 12.0. The topological polar surface area (TPSA) is 63.2 Å². The lowest BCUT2D eigenvalue weighted by Gasteiger charge is -2.09. The third kappa shape index (κ3) is 2.81. The highest BCUT2D eigenvalue weighted by Gasteiger charge is 2.42. The van der Waals surface area contributed by atoms with Crippen molar-refractivity contribution in [1.29, 1.82) is 0 Å². The van der Waals surface area contributed by atoms with Crippen molar-refractivity contribution in [3.05, 3.63) is 35.9 Å². The van der Waals surface area contributed by atoms with Gasteiger partial charge in [0.05, 0.1) is 17.4 Å². The summed E-state index contributed by atoms with van der Waals surface area (Å²) in [5, 5.41) is 2.98. The molecule has 1 saturated heterocycles. The Bertz CT molecular complexity index is 582. The van der Waals surface area contributed by atoms with Crippen LogP contribution in [0, 0.1) is 5.92 Å². The van der Waals surface area contributed by atoms with Gasteiger partial charge in [-0.1, -0.05) is 30.3 Å². The average molecular weight is 279 g/mol. The molecule has 1 N–H and O–H groups in total. The molecule has 1 aliphatic heterocycles. The number of carbonyl (C=O) groups is 1. The third-order valence-electron chi connectivity index (χ3n) is 3.95. The number of rotatable bonds is 3. The van der Waals surface area contributed by atoms with Crippen LogP contribution in [0.1, 0.15) is 24.3 Å². The van der Waals surface area contributed by atoms with E-state index in [1.165, 1.54) is 5.56 Å². The molecule has 3 atom stereocenters. The number of amides is 1. The molecule has 1 amide bonds. The molecule has 1 aliphatic carbocycles. The van der Waals surface area contributed by atoms with Gasteiger partial charge in [-0.3, -0.25) is 4.79 Å². The summed E-state index contributed by atoms with van der Waals surface area (Å²) in [4.78, 5) is 12.0. The van der Waals surface area contributed by atoms with Crippen molar-refractivity contribution >= 4 is 15.7 Å². The predicted octanol–water partition coefficient (Wildman–Crippen LogP) is 1.09. The Labute approximate surface area is 113 Å². The zero-order valence-electron chi connectivity index (χ0n) is 10.6. The zero-order chi connectivity index (χ0) is 13.5. The van der Waals surface area contributed by atoms with E-state index in [9.17, 15) is 13.2 Å². The van der Waals surface area contributed by atoms with Gasteiger partial charge in [0.25, 0.3) is 0 Å². The molecule has 1 heterocycles. The summed E-state index contributed by atoms with van der Waals surface area (Å²) in [6.07, 6.45) is 1.42. The molecule has 4 nitrogen and oxygen atoms in total. The third-order valence-corrected chi connectivity index (χ3v) is 5.72. The van der Waals surface area contributed by atoms with Crippen LogP contribution in [0.5, 0.6) is 0 Å². The van der Waals surface area contributed by atoms with Crippen molar-refractivity contribution in [1.82, 2.24) is 5.32 Å². The van der Waals surface area contributed by atoms with Crippen LogP contribution in [0.15, 0.2) is 30.3 Å². The fraction of sp³-hybridized carbons (Fsp3) is 0.500. The largest absolute Gasteiger partial charge is 0.352 e. The molecule has 102 valence electrons. The lowest BCUT2D eigenvalue weighted by atomic mass is 10.1. The van der Waals surface area contributed by atoms with E-state index in [0.29, 0.717) is 12.3 Å². The molecule has 0 bridgehead atoms. The Morgan fingerprint density at radius 2 is 1.95 bits per heavy atom. The van der Waals surface area contributed by atoms with Gasteiger partial charge in [-0.05, 0) is 18.4 Å². The second-order valence-corrected chi connectivity index (χ2v) is 7.70. The van der Waals surface area contributed by atoms with Crippen molar-refractivity contribution in [2.75, 3.05) is 11.5 Å².